The van der Waals surface area contributed by atoms with E-state index in [-0.39, 0.29) is 23.2 Å². The third-order valence-electron chi connectivity index (χ3n) is 4.75. The molecule has 150 valence electrons. The van der Waals surface area contributed by atoms with Gasteiger partial charge in [0.25, 0.3) is 0 Å². The Labute approximate surface area is 168 Å². The van der Waals surface area contributed by atoms with E-state index in [1.807, 2.05) is 4.57 Å². The number of carbonyl (C=O) groups is 1. The summed E-state index contributed by atoms with van der Waals surface area (Å²) < 4.78 is 14.8. The van der Waals surface area contributed by atoms with Crippen LogP contribution in [-0.2, 0) is 24.2 Å². The highest BCUT2D eigenvalue weighted by atomic mass is 32.2. The lowest BCUT2D eigenvalue weighted by Gasteiger charge is -2.23. The number of hydrogen-bond donors (Lipinski definition) is 2. The van der Waals surface area contributed by atoms with Gasteiger partial charge in [0.15, 0.2) is 0 Å². The number of aromatic nitrogens is 2. The second-order valence-electron chi connectivity index (χ2n) is 7.28. The summed E-state index contributed by atoms with van der Waals surface area (Å²) >= 11 is 1.30. The van der Waals surface area contributed by atoms with Crippen LogP contribution in [0.25, 0.3) is 0 Å². The highest BCUT2D eigenvalue weighted by Crippen LogP contribution is 2.28. The highest BCUT2D eigenvalue weighted by molar-refractivity contribution is 8.00. The van der Waals surface area contributed by atoms with Gasteiger partial charge in [-0.15, -0.1) is 0 Å². The summed E-state index contributed by atoms with van der Waals surface area (Å²) in [6.45, 7) is 1.52. The number of nitrogens with zero attached hydrogens (tertiary/aromatic N) is 2. The molecule has 1 heterocycles. The van der Waals surface area contributed by atoms with Gasteiger partial charge in [-0.1, -0.05) is 11.8 Å². The Bertz CT molecular complexity index is 896. The van der Waals surface area contributed by atoms with Crippen LogP contribution in [0.2, 0.25) is 0 Å². The molecular formula is C20H26FN4O2S+. The van der Waals surface area contributed by atoms with Crippen molar-refractivity contribution in [2.75, 3.05) is 31.7 Å². The Kier molecular flexibility index (Phi) is 6.85. The molecule has 1 amide bonds. The van der Waals surface area contributed by atoms with Crippen LogP contribution in [0.15, 0.2) is 34.1 Å². The minimum atomic E-state index is -0.348. The number of halogens is 1. The van der Waals surface area contributed by atoms with Gasteiger partial charge in [-0.2, -0.15) is 4.98 Å². The van der Waals surface area contributed by atoms with Gasteiger partial charge in [0.1, 0.15) is 10.8 Å². The maximum Gasteiger partial charge on any atom is 0.349 e. The lowest BCUT2D eigenvalue weighted by Crippen LogP contribution is -3.06. The molecule has 8 heteroatoms. The van der Waals surface area contributed by atoms with Crippen LogP contribution in [0.4, 0.5) is 10.1 Å². The molecule has 0 saturated carbocycles. The summed E-state index contributed by atoms with van der Waals surface area (Å²) in [6, 6.07) is 5.64. The van der Waals surface area contributed by atoms with Crippen molar-refractivity contribution in [2.45, 2.75) is 37.3 Å². The van der Waals surface area contributed by atoms with E-state index in [4.69, 9.17) is 0 Å². The van der Waals surface area contributed by atoms with Crippen molar-refractivity contribution >= 4 is 23.4 Å². The standard InChI is InChI=1S/C20H25FN4O2S/c1-24(2)11-12-25-17-6-4-3-5-16(17)19(23-20(25)27)28-13-18(26)22-15-9-7-14(21)8-10-15/h7-10H,3-6,11-13H2,1-2H3,(H,22,26)/p+1. The molecule has 0 fully saturated rings. The minimum Gasteiger partial charge on any atom is -0.338 e. The number of likely N-dealkylation sites (N-methyl/N-ethyl adjacent to an activating group) is 1. The maximum atomic E-state index is 13.0. The van der Waals surface area contributed by atoms with E-state index < -0.39 is 0 Å². The summed E-state index contributed by atoms with van der Waals surface area (Å²) in [6.07, 6.45) is 3.91. The molecule has 3 rings (SSSR count). The van der Waals surface area contributed by atoms with E-state index in [0.29, 0.717) is 17.3 Å². The van der Waals surface area contributed by atoms with E-state index in [2.05, 4.69) is 24.4 Å². The first-order valence-corrected chi connectivity index (χ1v) is 10.5. The van der Waals surface area contributed by atoms with Crippen LogP contribution >= 0.6 is 11.8 Å². The van der Waals surface area contributed by atoms with Crippen molar-refractivity contribution in [1.29, 1.82) is 0 Å². The smallest absolute Gasteiger partial charge is 0.338 e. The van der Waals surface area contributed by atoms with Crippen LogP contribution < -0.4 is 15.9 Å². The fourth-order valence-electron chi connectivity index (χ4n) is 3.30. The molecule has 0 bridgehead atoms. The molecule has 0 radical (unpaired) electrons. The van der Waals surface area contributed by atoms with Gasteiger partial charge in [0.05, 0.1) is 32.9 Å². The normalized spacial score (nSPS) is 13.4. The number of nitrogens with one attached hydrogen (secondary N) is 2. The molecule has 0 saturated heterocycles. The van der Waals surface area contributed by atoms with Crippen molar-refractivity contribution < 1.29 is 14.1 Å². The van der Waals surface area contributed by atoms with Crippen LogP contribution in [0.1, 0.15) is 24.1 Å². The second-order valence-corrected chi connectivity index (χ2v) is 8.25. The number of hydrogen-bond acceptors (Lipinski definition) is 4. The minimum absolute atomic E-state index is 0.155. The third-order valence-corrected chi connectivity index (χ3v) is 5.77. The Balaban J connectivity index is 1.73. The first-order chi connectivity index (χ1) is 13.4. The van der Waals surface area contributed by atoms with Gasteiger partial charge >= 0.3 is 5.69 Å². The zero-order valence-corrected chi connectivity index (χ0v) is 17.1. The average molecular weight is 406 g/mol. The molecule has 28 heavy (non-hydrogen) atoms. The van der Waals surface area contributed by atoms with E-state index in [1.54, 1.807) is 0 Å². The average Bonchev–Trinajstić information content (AvgIpc) is 2.67. The summed E-state index contributed by atoms with van der Waals surface area (Å²) in [5, 5.41) is 3.41. The van der Waals surface area contributed by atoms with Gasteiger partial charge in [-0.25, -0.2) is 9.18 Å². The third kappa shape index (κ3) is 5.20. The van der Waals surface area contributed by atoms with Crippen LogP contribution in [0.3, 0.4) is 0 Å². The zero-order valence-electron chi connectivity index (χ0n) is 16.3. The molecule has 2 aromatic rings. The number of rotatable bonds is 7. The maximum absolute atomic E-state index is 13.0. The first kappa shape index (κ1) is 20.5. The molecule has 0 spiro atoms. The summed E-state index contributed by atoms with van der Waals surface area (Å²) in [4.78, 5) is 30.4. The summed E-state index contributed by atoms with van der Waals surface area (Å²) in [7, 11) is 4.13. The Hall–Kier alpha value is -2.19. The van der Waals surface area contributed by atoms with E-state index >= 15 is 0 Å². The number of quaternary nitrogens is 1. The number of benzene rings is 1. The van der Waals surface area contributed by atoms with Gasteiger partial charge in [-0.3, -0.25) is 9.36 Å². The van der Waals surface area contributed by atoms with E-state index in [0.717, 1.165) is 43.5 Å². The van der Waals surface area contributed by atoms with Crippen molar-refractivity contribution in [1.82, 2.24) is 9.55 Å². The summed E-state index contributed by atoms with van der Waals surface area (Å²) in [5.41, 5.74) is 2.50. The highest BCUT2D eigenvalue weighted by Gasteiger charge is 2.21. The van der Waals surface area contributed by atoms with Crippen LogP contribution in [0.5, 0.6) is 0 Å². The van der Waals surface area contributed by atoms with Gasteiger partial charge < -0.3 is 10.2 Å². The fourth-order valence-corrected chi connectivity index (χ4v) is 4.17. The molecule has 0 atom stereocenters. The SMILES string of the molecule is C[NH+](C)CCn1c2c(c(SCC(=O)Nc3ccc(F)cc3)nc1=O)CCCC2. The number of thioether (sulfide) groups is 1. The van der Waals surface area contributed by atoms with Crippen molar-refractivity contribution in [2.24, 2.45) is 0 Å². The first-order valence-electron chi connectivity index (χ1n) is 9.54. The van der Waals surface area contributed by atoms with Gasteiger partial charge in [0.2, 0.25) is 5.91 Å². The largest absolute Gasteiger partial charge is 0.349 e. The fraction of sp³-hybridized carbons (Fsp3) is 0.450. The topological polar surface area (TPSA) is 68.4 Å². The molecule has 6 nitrogen and oxygen atoms in total. The van der Waals surface area contributed by atoms with Crippen molar-refractivity contribution in [3.63, 3.8) is 0 Å². The molecular weight excluding hydrogens is 379 g/mol. The predicted molar refractivity (Wildman–Crippen MR) is 109 cm³/mol. The Morgan fingerprint density at radius 1 is 1.25 bits per heavy atom. The quantitative estimate of drug-likeness (QED) is 0.535. The molecule has 1 aliphatic carbocycles. The molecule has 2 N–H and O–H groups in total. The predicted octanol–water partition coefficient (Wildman–Crippen LogP) is 1.14. The number of fused-ring (bicyclic) bond motifs is 1. The van der Waals surface area contributed by atoms with Crippen LogP contribution in [-0.4, -0.2) is 41.9 Å². The lowest BCUT2D eigenvalue weighted by atomic mass is 9.97. The molecule has 1 aliphatic rings. The number of amides is 1. The van der Waals surface area contributed by atoms with Crippen LogP contribution in [0, 0.1) is 5.82 Å². The molecule has 0 unspecified atom stereocenters. The number of anilines is 1. The molecule has 1 aromatic carbocycles. The van der Waals surface area contributed by atoms with Gasteiger partial charge in [-0.05, 0) is 49.9 Å². The molecule has 1 aromatic heterocycles. The summed E-state index contributed by atoms with van der Waals surface area (Å²) in [5.74, 6) is -0.398. The van der Waals surface area contributed by atoms with E-state index in [1.165, 1.54) is 40.9 Å². The lowest BCUT2D eigenvalue weighted by molar-refractivity contribution is -0.859. The Morgan fingerprint density at radius 3 is 2.68 bits per heavy atom. The van der Waals surface area contributed by atoms with E-state index in [9.17, 15) is 14.0 Å². The Morgan fingerprint density at radius 2 is 1.96 bits per heavy atom. The van der Waals surface area contributed by atoms with Gasteiger partial charge in [0, 0.05) is 16.9 Å². The second kappa shape index (κ2) is 9.34. The molecule has 0 aliphatic heterocycles. The zero-order chi connectivity index (χ0) is 20.1. The van der Waals surface area contributed by atoms with Crippen molar-refractivity contribution in [3.8, 4) is 0 Å². The number of carbonyl (C=O) groups excluding carboxylic acids is 1. The monoisotopic (exact) mass is 405 g/mol. The van der Waals surface area contributed by atoms with Crippen molar-refractivity contribution in [3.05, 3.63) is 51.8 Å².